The second-order valence-electron chi connectivity index (χ2n) is 5.61. The van der Waals surface area contributed by atoms with Gasteiger partial charge in [-0.15, -0.1) is 0 Å². The minimum absolute atomic E-state index is 0.537. The highest BCUT2D eigenvalue weighted by molar-refractivity contribution is 5.42. The first kappa shape index (κ1) is 14.1. The van der Waals surface area contributed by atoms with Crippen LogP contribution in [0.15, 0.2) is 24.3 Å². The molecule has 2 unspecified atom stereocenters. The number of fused-ring (bicyclic) bond motifs is 1. The molecule has 1 aliphatic rings. The summed E-state index contributed by atoms with van der Waals surface area (Å²) in [5.41, 5.74) is 1.63. The molecule has 0 saturated heterocycles. The molecule has 0 aliphatic heterocycles. The van der Waals surface area contributed by atoms with E-state index in [4.69, 9.17) is 0 Å². The molecule has 1 aromatic rings. The molecule has 1 aliphatic carbocycles. The number of aliphatic hydroxyl groups excluding tert-OH is 1. The zero-order valence-electron chi connectivity index (χ0n) is 11.7. The van der Waals surface area contributed by atoms with Gasteiger partial charge in [0, 0.05) is 0 Å². The summed E-state index contributed by atoms with van der Waals surface area (Å²) in [6.07, 6.45) is 6.28. The fourth-order valence-corrected chi connectivity index (χ4v) is 3.24. The van der Waals surface area contributed by atoms with Gasteiger partial charge in [0.15, 0.2) is 0 Å². The Morgan fingerprint density at radius 1 is 1.37 bits per heavy atom. The van der Waals surface area contributed by atoms with Crippen molar-refractivity contribution in [3.8, 4) is 6.07 Å². The monoisotopic (exact) mass is 257 g/mol. The lowest BCUT2D eigenvalue weighted by atomic mass is 9.66. The highest BCUT2D eigenvalue weighted by atomic mass is 16.3. The maximum absolute atomic E-state index is 10.6. The van der Waals surface area contributed by atoms with Crippen molar-refractivity contribution >= 4 is 0 Å². The molecular weight excluding hydrogens is 234 g/mol. The van der Waals surface area contributed by atoms with E-state index in [1.54, 1.807) is 0 Å². The first-order chi connectivity index (χ1) is 9.24. The van der Waals surface area contributed by atoms with Crippen LogP contribution >= 0.6 is 0 Å². The third-order valence-corrected chi connectivity index (χ3v) is 4.36. The third kappa shape index (κ3) is 2.67. The Morgan fingerprint density at radius 2 is 2.16 bits per heavy atom. The van der Waals surface area contributed by atoms with Gasteiger partial charge in [0.2, 0.25) is 0 Å². The van der Waals surface area contributed by atoms with Crippen molar-refractivity contribution in [2.24, 2.45) is 0 Å². The molecule has 1 N–H and O–H groups in total. The number of hydrogen-bond acceptors (Lipinski definition) is 2. The van der Waals surface area contributed by atoms with Crippen LogP contribution in [0, 0.1) is 11.3 Å². The van der Waals surface area contributed by atoms with Crippen molar-refractivity contribution in [2.45, 2.75) is 63.4 Å². The van der Waals surface area contributed by atoms with E-state index >= 15 is 0 Å². The summed E-state index contributed by atoms with van der Waals surface area (Å²) in [6.45, 7) is 2.16. The molecule has 0 fully saturated rings. The second kappa shape index (κ2) is 6.21. The zero-order valence-corrected chi connectivity index (χ0v) is 11.7. The average Bonchev–Trinajstić information content (AvgIpc) is 2.46. The lowest BCUT2D eigenvalue weighted by Crippen LogP contribution is -2.41. The van der Waals surface area contributed by atoms with Crippen LogP contribution in [-0.2, 0) is 11.8 Å². The molecule has 19 heavy (non-hydrogen) atoms. The van der Waals surface area contributed by atoms with Crippen LogP contribution in [0.2, 0.25) is 0 Å². The molecule has 0 bridgehead atoms. The Balaban J connectivity index is 2.26. The molecule has 2 heteroatoms. The average molecular weight is 257 g/mol. The van der Waals surface area contributed by atoms with Gasteiger partial charge in [0.05, 0.1) is 12.2 Å². The maximum Gasteiger partial charge on any atom is 0.108 e. The van der Waals surface area contributed by atoms with E-state index in [9.17, 15) is 10.4 Å². The van der Waals surface area contributed by atoms with Gasteiger partial charge in [-0.3, -0.25) is 0 Å². The summed E-state index contributed by atoms with van der Waals surface area (Å²) in [4.78, 5) is 0. The number of unbranched alkanes of at least 4 members (excludes halogenated alkanes) is 2. The van der Waals surface area contributed by atoms with Crippen LogP contribution in [0.3, 0.4) is 0 Å². The topological polar surface area (TPSA) is 44.0 Å². The van der Waals surface area contributed by atoms with Crippen molar-refractivity contribution < 1.29 is 5.11 Å². The number of nitrogens with zero attached hydrogens (tertiary/aromatic N) is 1. The minimum atomic E-state index is -0.678. The molecule has 0 spiro atoms. The van der Waals surface area contributed by atoms with E-state index in [-0.39, 0.29) is 0 Å². The summed E-state index contributed by atoms with van der Waals surface area (Å²) >= 11 is 0. The van der Waals surface area contributed by atoms with Gasteiger partial charge in [-0.25, -0.2) is 0 Å². The fraction of sp³-hybridized carbons (Fsp3) is 0.588. The fourth-order valence-electron chi connectivity index (χ4n) is 3.24. The molecule has 102 valence electrons. The van der Waals surface area contributed by atoms with E-state index in [2.05, 4.69) is 19.1 Å². The molecule has 2 nitrogen and oxygen atoms in total. The van der Waals surface area contributed by atoms with Gasteiger partial charge >= 0.3 is 0 Å². The first-order valence-electron chi connectivity index (χ1n) is 7.42. The summed E-state index contributed by atoms with van der Waals surface area (Å²) in [6, 6.07) is 10.6. The van der Waals surface area contributed by atoms with Gasteiger partial charge in [-0.1, -0.05) is 50.5 Å². The lowest BCUT2D eigenvalue weighted by molar-refractivity contribution is 0.0883. The van der Waals surface area contributed by atoms with Gasteiger partial charge < -0.3 is 5.11 Å². The van der Waals surface area contributed by atoms with E-state index in [1.165, 1.54) is 5.56 Å². The quantitative estimate of drug-likeness (QED) is 0.817. The normalized spacial score (nSPS) is 23.4. The third-order valence-electron chi connectivity index (χ3n) is 4.36. The lowest BCUT2D eigenvalue weighted by Gasteiger charge is -2.37. The Labute approximate surface area is 116 Å². The van der Waals surface area contributed by atoms with Crippen LogP contribution in [0.5, 0.6) is 0 Å². The molecule has 1 aromatic carbocycles. The molecule has 0 saturated carbocycles. The Kier molecular flexibility index (Phi) is 4.61. The Bertz CT molecular complexity index is 463. The number of hydrogen-bond donors (Lipinski definition) is 1. The Hall–Kier alpha value is -1.33. The molecule has 2 rings (SSSR count). The van der Waals surface area contributed by atoms with Crippen LogP contribution in [0.25, 0.3) is 0 Å². The SMILES string of the molecule is CCCCCC(O)C1(C#N)CCCc2ccccc21. The maximum atomic E-state index is 10.6. The molecule has 0 heterocycles. The molecule has 0 radical (unpaired) electrons. The number of nitriles is 1. The number of benzene rings is 1. The molecule has 0 aromatic heterocycles. The summed E-state index contributed by atoms with van der Waals surface area (Å²) in [7, 11) is 0. The summed E-state index contributed by atoms with van der Waals surface area (Å²) < 4.78 is 0. The van der Waals surface area contributed by atoms with Gasteiger partial charge in [0.1, 0.15) is 5.41 Å². The molecule has 0 amide bonds. The molecular formula is C17H23NO. The number of rotatable bonds is 5. The number of aliphatic hydroxyl groups is 1. The van der Waals surface area contributed by atoms with Crippen molar-refractivity contribution in [1.82, 2.24) is 0 Å². The van der Waals surface area contributed by atoms with Crippen LogP contribution in [-0.4, -0.2) is 11.2 Å². The predicted molar refractivity (Wildman–Crippen MR) is 76.8 cm³/mol. The van der Waals surface area contributed by atoms with Crippen molar-refractivity contribution in [2.75, 3.05) is 0 Å². The van der Waals surface area contributed by atoms with Gasteiger partial charge in [-0.05, 0) is 36.8 Å². The van der Waals surface area contributed by atoms with Crippen LogP contribution in [0.4, 0.5) is 0 Å². The number of aryl methyl sites for hydroxylation is 1. The van der Waals surface area contributed by atoms with Crippen molar-refractivity contribution in [1.29, 1.82) is 5.26 Å². The van der Waals surface area contributed by atoms with Crippen molar-refractivity contribution in [3.05, 3.63) is 35.4 Å². The molecule has 2 atom stereocenters. The second-order valence-corrected chi connectivity index (χ2v) is 5.61. The highest BCUT2D eigenvalue weighted by Gasteiger charge is 2.42. The van der Waals surface area contributed by atoms with Crippen molar-refractivity contribution in [3.63, 3.8) is 0 Å². The standard InChI is InChI=1S/C17H23NO/c1-2-3-4-11-16(19)17(13-18)12-7-9-14-8-5-6-10-15(14)17/h5-6,8,10,16,19H,2-4,7,9,11-12H2,1H3. The van der Waals surface area contributed by atoms with E-state index in [1.807, 2.05) is 18.2 Å². The van der Waals surface area contributed by atoms with E-state index < -0.39 is 11.5 Å². The van der Waals surface area contributed by atoms with E-state index in [0.717, 1.165) is 50.5 Å². The largest absolute Gasteiger partial charge is 0.391 e. The van der Waals surface area contributed by atoms with Gasteiger partial charge in [-0.2, -0.15) is 5.26 Å². The highest BCUT2D eigenvalue weighted by Crippen LogP contribution is 2.41. The minimum Gasteiger partial charge on any atom is -0.391 e. The summed E-state index contributed by atoms with van der Waals surface area (Å²) in [5.74, 6) is 0. The van der Waals surface area contributed by atoms with E-state index in [0.29, 0.717) is 0 Å². The zero-order chi connectivity index (χ0) is 13.7. The van der Waals surface area contributed by atoms with Gasteiger partial charge in [0.25, 0.3) is 0 Å². The Morgan fingerprint density at radius 3 is 2.89 bits per heavy atom. The first-order valence-corrected chi connectivity index (χ1v) is 7.42. The summed E-state index contributed by atoms with van der Waals surface area (Å²) in [5, 5.41) is 20.3. The van der Waals surface area contributed by atoms with Crippen LogP contribution in [0.1, 0.15) is 56.6 Å². The van der Waals surface area contributed by atoms with Crippen LogP contribution < -0.4 is 0 Å². The predicted octanol–water partition coefficient (Wildman–Crippen LogP) is 3.73. The smallest absolute Gasteiger partial charge is 0.108 e.